The van der Waals surface area contributed by atoms with Gasteiger partial charge in [-0.2, -0.15) is 0 Å². The fourth-order valence-electron chi connectivity index (χ4n) is 1.27. The van der Waals surface area contributed by atoms with Gasteiger partial charge in [0.25, 0.3) is 0 Å². The number of ketones is 1. The maximum Gasteiger partial charge on any atom is 0.233 e. The lowest BCUT2D eigenvalue weighted by molar-refractivity contribution is 0.103. The number of hydrogen-bond donors (Lipinski definition) is 0. The first-order valence-electron chi connectivity index (χ1n) is 4.69. The molecule has 0 amide bonds. The molecule has 2 aromatic rings. The summed E-state index contributed by atoms with van der Waals surface area (Å²) in [5.74, 6) is 0.308. The average molecular weight is 234 g/mol. The largest absolute Gasteiger partial charge is 0.480 e. The van der Waals surface area contributed by atoms with E-state index in [0.717, 1.165) is 5.56 Å². The molecule has 0 saturated carbocycles. The normalized spacial score (nSPS) is 10.1. The summed E-state index contributed by atoms with van der Waals surface area (Å²) in [5, 5.41) is 9.49. The number of nitrogens with zero attached hydrogens (tertiary/aromatic N) is 2. The van der Waals surface area contributed by atoms with Gasteiger partial charge in [0.05, 0.1) is 12.0 Å². The Bertz CT molecular complexity index is 505. The number of ether oxygens (including phenoxy) is 1. The van der Waals surface area contributed by atoms with Crippen molar-refractivity contribution < 1.29 is 9.53 Å². The van der Waals surface area contributed by atoms with Gasteiger partial charge in [0.1, 0.15) is 5.69 Å². The molecular formula is C11H10N2O2S. The predicted molar refractivity (Wildman–Crippen MR) is 61.1 cm³/mol. The minimum Gasteiger partial charge on any atom is -0.480 e. The van der Waals surface area contributed by atoms with E-state index in [-0.39, 0.29) is 5.78 Å². The second kappa shape index (κ2) is 4.40. The van der Waals surface area contributed by atoms with Crippen molar-refractivity contribution in [2.75, 3.05) is 7.11 Å². The number of hydrogen-bond acceptors (Lipinski definition) is 5. The van der Waals surface area contributed by atoms with E-state index >= 15 is 0 Å². The van der Waals surface area contributed by atoms with Crippen molar-refractivity contribution in [2.45, 2.75) is 6.92 Å². The van der Waals surface area contributed by atoms with Gasteiger partial charge in [-0.05, 0) is 30.0 Å². The molecule has 0 bridgehead atoms. The summed E-state index contributed by atoms with van der Waals surface area (Å²) >= 11 is 1.41. The summed E-state index contributed by atoms with van der Waals surface area (Å²) in [5.41, 5.74) is 1.30. The van der Waals surface area contributed by atoms with E-state index in [1.54, 1.807) is 12.1 Å². The summed E-state index contributed by atoms with van der Waals surface area (Å²) in [7, 11) is 1.51. The maximum atomic E-state index is 12.0. The van der Waals surface area contributed by atoms with Crippen LogP contribution >= 0.6 is 11.3 Å². The number of aromatic nitrogens is 2. The van der Waals surface area contributed by atoms with Crippen LogP contribution in [0.15, 0.2) is 23.6 Å². The first-order valence-corrected chi connectivity index (χ1v) is 5.57. The molecule has 0 spiro atoms. The summed E-state index contributed by atoms with van der Waals surface area (Å²) in [6.07, 6.45) is 0. The summed E-state index contributed by atoms with van der Waals surface area (Å²) in [4.78, 5) is 12.7. The number of rotatable bonds is 3. The molecule has 0 aliphatic heterocycles. The van der Waals surface area contributed by atoms with Crippen molar-refractivity contribution in [3.05, 3.63) is 39.7 Å². The van der Waals surface area contributed by atoms with Crippen LogP contribution in [0.4, 0.5) is 0 Å². The molecule has 0 unspecified atom stereocenters. The van der Waals surface area contributed by atoms with Gasteiger partial charge in [0.15, 0.2) is 0 Å². The Morgan fingerprint density at radius 3 is 2.62 bits per heavy atom. The second-order valence-corrected chi connectivity index (χ2v) is 4.14. The molecule has 0 aliphatic rings. The van der Waals surface area contributed by atoms with E-state index in [1.807, 2.05) is 18.4 Å². The highest BCUT2D eigenvalue weighted by atomic mass is 32.1. The van der Waals surface area contributed by atoms with E-state index in [4.69, 9.17) is 4.74 Å². The van der Waals surface area contributed by atoms with Gasteiger partial charge >= 0.3 is 0 Å². The van der Waals surface area contributed by atoms with Crippen LogP contribution in [0.5, 0.6) is 5.88 Å². The van der Waals surface area contributed by atoms with Crippen molar-refractivity contribution in [1.29, 1.82) is 0 Å². The maximum absolute atomic E-state index is 12.0. The highest BCUT2D eigenvalue weighted by molar-refractivity contribution is 7.12. The smallest absolute Gasteiger partial charge is 0.233 e. The van der Waals surface area contributed by atoms with Crippen LogP contribution < -0.4 is 4.74 Å². The van der Waals surface area contributed by atoms with Gasteiger partial charge in [-0.3, -0.25) is 4.79 Å². The monoisotopic (exact) mass is 234 g/mol. The zero-order valence-electron chi connectivity index (χ0n) is 8.93. The van der Waals surface area contributed by atoms with Crippen LogP contribution in [-0.4, -0.2) is 23.1 Å². The van der Waals surface area contributed by atoms with Gasteiger partial charge in [-0.1, -0.05) is 0 Å². The molecule has 2 rings (SSSR count). The summed E-state index contributed by atoms with van der Waals surface area (Å²) in [6.45, 7) is 1.90. The topological polar surface area (TPSA) is 52.1 Å². The van der Waals surface area contributed by atoms with Crippen LogP contribution in [0.1, 0.15) is 20.9 Å². The minimum atomic E-state index is -0.0948. The number of aryl methyl sites for hydroxylation is 1. The molecule has 0 fully saturated rings. The van der Waals surface area contributed by atoms with Crippen LogP contribution in [0, 0.1) is 6.92 Å². The van der Waals surface area contributed by atoms with Crippen molar-refractivity contribution >= 4 is 17.1 Å². The Kier molecular flexibility index (Phi) is 2.96. The minimum absolute atomic E-state index is 0.0948. The zero-order chi connectivity index (χ0) is 11.5. The van der Waals surface area contributed by atoms with Crippen LogP contribution in [-0.2, 0) is 0 Å². The quantitative estimate of drug-likeness (QED) is 0.763. The zero-order valence-corrected chi connectivity index (χ0v) is 9.75. The third kappa shape index (κ3) is 1.94. The number of carbonyl (C=O) groups excluding carboxylic acids is 1. The number of carbonyl (C=O) groups is 1. The van der Waals surface area contributed by atoms with E-state index in [2.05, 4.69) is 10.2 Å². The molecule has 16 heavy (non-hydrogen) atoms. The van der Waals surface area contributed by atoms with E-state index in [0.29, 0.717) is 16.5 Å². The lowest BCUT2D eigenvalue weighted by atomic mass is 10.2. The van der Waals surface area contributed by atoms with Crippen molar-refractivity contribution in [3.63, 3.8) is 0 Å². The fraction of sp³-hybridized carbons (Fsp3) is 0.182. The molecule has 0 saturated heterocycles. The number of thiophene rings is 1. The van der Waals surface area contributed by atoms with Crippen LogP contribution in [0.3, 0.4) is 0 Å². The fourth-order valence-corrected chi connectivity index (χ4v) is 2.15. The highest BCUT2D eigenvalue weighted by Gasteiger charge is 2.14. The Balaban J connectivity index is 2.31. The molecular weight excluding hydrogens is 224 g/mol. The SMILES string of the molecule is COc1ccc(C(=O)c2sccc2C)nn1. The van der Waals surface area contributed by atoms with Crippen LogP contribution in [0.2, 0.25) is 0 Å². The average Bonchev–Trinajstić information content (AvgIpc) is 2.75. The van der Waals surface area contributed by atoms with Gasteiger partial charge in [0, 0.05) is 6.07 Å². The summed E-state index contributed by atoms with van der Waals surface area (Å²) in [6, 6.07) is 5.16. The van der Waals surface area contributed by atoms with Gasteiger partial charge in [-0.25, -0.2) is 0 Å². The molecule has 4 nitrogen and oxygen atoms in total. The van der Waals surface area contributed by atoms with E-state index in [9.17, 15) is 4.79 Å². The third-order valence-corrected chi connectivity index (χ3v) is 3.17. The van der Waals surface area contributed by atoms with Crippen molar-refractivity contribution in [2.24, 2.45) is 0 Å². The highest BCUT2D eigenvalue weighted by Crippen LogP contribution is 2.19. The van der Waals surface area contributed by atoms with E-state index in [1.165, 1.54) is 18.4 Å². The first kappa shape index (κ1) is 10.8. The van der Waals surface area contributed by atoms with Gasteiger partial charge in [-0.15, -0.1) is 21.5 Å². The molecule has 0 aliphatic carbocycles. The van der Waals surface area contributed by atoms with Crippen molar-refractivity contribution in [1.82, 2.24) is 10.2 Å². The van der Waals surface area contributed by atoms with Gasteiger partial charge < -0.3 is 4.74 Å². The Hall–Kier alpha value is -1.75. The Labute approximate surface area is 96.9 Å². The lowest BCUT2D eigenvalue weighted by Gasteiger charge is -1.99. The number of methoxy groups -OCH3 is 1. The molecule has 0 atom stereocenters. The lowest BCUT2D eigenvalue weighted by Crippen LogP contribution is -2.05. The third-order valence-electron chi connectivity index (χ3n) is 2.15. The molecule has 5 heteroatoms. The first-order chi connectivity index (χ1) is 7.72. The van der Waals surface area contributed by atoms with Gasteiger partial charge in [0.2, 0.25) is 11.7 Å². The molecule has 82 valence electrons. The van der Waals surface area contributed by atoms with E-state index < -0.39 is 0 Å². The molecule has 0 radical (unpaired) electrons. The molecule has 0 aromatic carbocycles. The molecule has 0 N–H and O–H groups in total. The predicted octanol–water partition coefficient (Wildman–Crippen LogP) is 2.09. The Morgan fingerprint density at radius 1 is 1.31 bits per heavy atom. The Morgan fingerprint density at radius 2 is 2.12 bits per heavy atom. The van der Waals surface area contributed by atoms with Crippen molar-refractivity contribution in [3.8, 4) is 5.88 Å². The molecule has 2 heterocycles. The van der Waals surface area contributed by atoms with Crippen LogP contribution in [0.25, 0.3) is 0 Å². The second-order valence-electron chi connectivity index (χ2n) is 3.22. The molecule has 2 aromatic heterocycles. The summed E-state index contributed by atoms with van der Waals surface area (Å²) < 4.78 is 4.88. The standard InChI is InChI=1S/C11H10N2O2S/c1-7-5-6-16-11(7)10(14)8-3-4-9(15-2)13-12-8/h3-6H,1-2H3.